The van der Waals surface area contributed by atoms with Crippen molar-refractivity contribution in [3.63, 3.8) is 0 Å². The van der Waals surface area contributed by atoms with Crippen LogP contribution in [-0.4, -0.2) is 47.1 Å². The predicted octanol–water partition coefficient (Wildman–Crippen LogP) is 1.18. The zero-order valence-corrected chi connectivity index (χ0v) is 12.0. The molecule has 5 heteroatoms. The second kappa shape index (κ2) is 6.82. The lowest BCUT2D eigenvalue weighted by Crippen LogP contribution is -2.34. The van der Waals surface area contributed by atoms with Crippen LogP contribution in [-0.2, 0) is 6.42 Å². The molecule has 1 aliphatic rings. The fourth-order valence-electron chi connectivity index (χ4n) is 2.76. The van der Waals surface area contributed by atoms with Crippen molar-refractivity contribution in [1.29, 1.82) is 0 Å². The van der Waals surface area contributed by atoms with Gasteiger partial charge in [0.15, 0.2) is 0 Å². The van der Waals surface area contributed by atoms with Crippen LogP contribution < -0.4 is 11.1 Å². The van der Waals surface area contributed by atoms with Gasteiger partial charge in [0, 0.05) is 30.8 Å². The van der Waals surface area contributed by atoms with Crippen LogP contribution in [0, 0.1) is 6.92 Å². The number of anilines is 1. The standard InChI is InChI=1S/C14H25N5/c1-3-19-8-4-5-13(19)10-16-14-9-12(6-7-15)17-11(2)18-14/h9,13H,3-8,10,15H2,1-2H3,(H,16,17,18). The molecule has 106 valence electrons. The number of rotatable bonds is 6. The van der Waals surface area contributed by atoms with E-state index in [1.165, 1.54) is 19.4 Å². The van der Waals surface area contributed by atoms with Crippen LogP contribution in [0.5, 0.6) is 0 Å². The molecule has 0 amide bonds. The largest absolute Gasteiger partial charge is 0.368 e. The minimum Gasteiger partial charge on any atom is -0.368 e. The highest BCUT2D eigenvalue weighted by Gasteiger charge is 2.22. The minimum atomic E-state index is 0.627. The van der Waals surface area contributed by atoms with Gasteiger partial charge in [-0.15, -0.1) is 0 Å². The maximum atomic E-state index is 5.58. The molecule has 0 saturated carbocycles. The molecule has 0 radical (unpaired) electrons. The number of likely N-dealkylation sites (N-methyl/N-ethyl adjacent to an activating group) is 1. The molecular weight excluding hydrogens is 238 g/mol. The van der Waals surface area contributed by atoms with E-state index in [1.54, 1.807) is 0 Å². The Kier molecular flexibility index (Phi) is 5.10. The van der Waals surface area contributed by atoms with Crippen LogP contribution in [0.4, 0.5) is 5.82 Å². The summed E-state index contributed by atoms with van der Waals surface area (Å²) < 4.78 is 0. The number of nitrogens with one attached hydrogen (secondary N) is 1. The quantitative estimate of drug-likeness (QED) is 0.807. The van der Waals surface area contributed by atoms with Crippen molar-refractivity contribution in [1.82, 2.24) is 14.9 Å². The third-order valence-corrected chi connectivity index (χ3v) is 3.72. The first-order valence-electron chi connectivity index (χ1n) is 7.25. The summed E-state index contributed by atoms with van der Waals surface area (Å²) in [7, 11) is 0. The Hall–Kier alpha value is -1.20. The third kappa shape index (κ3) is 3.88. The summed E-state index contributed by atoms with van der Waals surface area (Å²) in [6, 6.07) is 2.66. The van der Waals surface area contributed by atoms with Crippen molar-refractivity contribution in [2.75, 3.05) is 31.5 Å². The maximum Gasteiger partial charge on any atom is 0.129 e. The van der Waals surface area contributed by atoms with Gasteiger partial charge in [-0.05, 0) is 39.4 Å². The highest BCUT2D eigenvalue weighted by atomic mass is 15.2. The van der Waals surface area contributed by atoms with Gasteiger partial charge < -0.3 is 11.1 Å². The minimum absolute atomic E-state index is 0.627. The van der Waals surface area contributed by atoms with Crippen LogP contribution >= 0.6 is 0 Å². The van der Waals surface area contributed by atoms with E-state index in [0.29, 0.717) is 12.6 Å². The molecule has 1 unspecified atom stereocenters. The van der Waals surface area contributed by atoms with E-state index < -0.39 is 0 Å². The second-order valence-electron chi connectivity index (χ2n) is 5.14. The van der Waals surface area contributed by atoms with Gasteiger partial charge in [-0.3, -0.25) is 4.90 Å². The van der Waals surface area contributed by atoms with Crippen molar-refractivity contribution in [3.05, 3.63) is 17.6 Å². The maximum absolute atomic E-state index is 5.58. The number of aromatic nitrogens is 2. The summed E-state index contributed by atoms with van der Waals surface area (Å²) in [6.07, 6.45) is 3.39. The van der Waals surface area contributed by atoms with Crippen molar-refractivity contribution < 1.29 is 0 Å². The topological polar surface area (TPSA) is 67.1 Å². The fourth-order valence-corrected chi connectivity index (χ4v) is 2.76. The lowest BCUT2D eigenvalue weighted by molar-refractivity contribution is 0.277. The summed E-state index contributed by atoms with van der Waals surface area (Å²) >= 11 is 0. The van der Waals surface area contributed by atoms with Gasteiger partial charge in [-0.2, -0.15) is 0 Å². The van der Waals surface area contributed by atoms with Crippen LogP contribution in [0.3, 0.4) is 0 Å². The number of nitrogens with zero attached hydrogens (tertiary/aromatic N) is 3. The summed E-state index contributed by atoms with van der Waals surface area (Å²) in [6.45, 7) is 8.11. The Bertz CT molecular complexity index is 407. The lowest BCUT2D eigenvalue weighted by atomic mass is 10.2. The van der Waals surface area contributed by atoms with Gasteiger partial charge >= 0.3 is 0 Å². The van der Waals surface area contributed by atoms with Gasteiger partial charge in [-0.25, -0.2) is 9.97 Å². The molecule has 19 heavy (non-hydrogen) atoms. The summed E-state index contributed by atoms with van der Waals surface area (Å²) in [5.41, 5.74) is 6.61. The molecule has 1 saturated heterocycles. The first kappa shape index (κ1) is 14.2. The Labute approximate surface area is 115 Å². The molecule has 0 spiro atoms. The van der Waals surface area contributed by atoms with Gasteiger partial charge in [0.2, 0.25) is 0 Å². The molecule has 1 aromatic rings. The lowest BCUT2D eigenvalue weighted by Gasteiger charge is -2.23. The second-order valence-corrected chi connectivity index (χ2v) is 5.14. The zero-order valence-electron chi connectivity index (χ0n) is 12.0. The number of likely N-dealkylation sites (tertiary alicyclic amines) is 1. The molecule has 1 aliphatic heterocycles. The van der Waals surface area contributed by atoms with E-state index in [4.69, 9.17) is 5.73 Å². The number of aryl methyl sites for hydroxylation is 1. The van der Waals surface area contributed by atoms with Gasteiger partial charge in [0.25, 0.3) is 0 Å². The van der Waals surface area contributed by atoms with E-state index in [1.807, 2.05) is 13.0 Å². The number of hydrogen-bond donors (Lipinski definition) is 2. The van der Waals surface area contributed by atoms with Crippen molar-refractivity contribution in [3.8, 4) is 0 Å². The molecule has 0 aromatic carbocycles. The average Bonchev–Trinajstić information content (AvgIpc) is 2.83. The molecule has 1 fully saturated rings. The summed E-state index contributed by atoms with van der Waals surface area (Å²) in [5, 5.41) is 3.46. The molecular formula is C14H25N5. The first-order valence-corrected chi connectivity index (χ1v) is 7.25. The Morgan fingerprint density at radius 3 is 3.05 bits per heavy atom. The van der Waals surface area contributed by atoms with E-state index in [2.05, 4.69) is 27.1 Å². The molecule has 1 atom stereocenters. The Balaban J connectivity index is 1.95. The smallest absolute Gasteiger partial charge is 0.129 e. The van der Waals surface area contributed by atoms with Gasteiger partial charge in [-0.1, -0.05) is 6.92 Å². The third-order valence-electron chi connectivity index (χ3n) is 3.72. The Morgan fingerprint density at radius 1 is 1.47 bits per heavy atom. The zero-order chi connectivity index (χ0) is 13.7. The highest BCUT2D eigenvalue weighted by molar-refractivity contribution is 5.36. The van der Waals surface area contributed by atoms with E-state index in [-0.39, 0.29) is 0 Å². The molecule has 3 N–H and O–H groups in total. The first-order chi connectivity index (χ1) is 9.22. The predicted molar refractivity (Wildman–Crippen MR) is 78.3 cm³/mol. The summed E-state index contributed by atoms with van der Waals surface area (Å²) in [4.78, 5) is 11.4. The summed E-state index contributed by atoms with van der Waals surface area (Å²) in [5.74, 6) is 1.74. The molecule has 1 aromatic heterocycles. The van der Waals surface area contributed by atoms with Crippen molar-refractivity contribution in [2.24, 2.45) is 5.73 Å². The molecule has 0 aliphatic carbocycles. The molecule has 0 bridgehead atoms. The van der Waals surface area contributed by atoms with E-state index in [0.717, 1.165) is 36.8 Å². The number of nitrogens with two attached hydrogens (primary N) is 1. The van der Waals surface area contributed by atoms with Crippen LogP contribution in [0.25, 0.3) is 0 Å². The SMILES string of the molecule is CCN1CCCC1CNc1cc(CCN)nc(C)n1. The molecule has 5 nitrogen and oxygen atoms in total. The van der Waals surface area contributed by atoms with Gasteiger partial charge in [0.05, 0.1) is 0 Å². The van der Waals surface area contributed by atoms with E-state index >= 15 is 0 Å². The average molecular weight is 263 g/mol. The monoisotopic (exact) mass is 263 g/mol. The normalized spacial score (nSPS) is 19.8. The Morgan fingerprint density at radius 2 is 2.32 bits per heavy atom. The fraction of sp³-hybridized carbons (Fsp3) is 0.714. The van der Waals surface area contributed by atoms with Crippen LogP contribution in [0.15, 0.2) is 6.07 Å². The van der Waals surface area contributed by atoms with E-state index in [9.17, 15) is 0 Å². The highest BCUT2D eigenvalue weighted by Crippen LogP contribution is 2.17. The molecule has 2 rings (SSSR count). The number of hydrogen-bond acceptors (Lipinski definition) is 5. The van der Waals surface area contributed by atoms with Gasteiger partial charge in [0.1, 0.15) is 11.6 Å². The van der Waals surface area contributed by atoms with Crippen molar-refractivity contribution in [2.45, 2.75) is 39.2 Å². The van der Waals surface area contributed by atoms with Crippen LogP contribution in [0.2, 0.25) is 0 Å². The molecule has 2 heterocycles. The van der Waals surface area contributed by atoms with Crippen LogP contribution in [0.1, 0.15) is 31.3 Å². The van der Waals surface area contributed by atoms with Crippen molar-refractivity contribution >= 4 is 5.82 Å².